The van der Waals surface area contributed by atoms with Crippen LogP contribution < -0.4 is 0 Å². The van der Waals surface area contributed by atoms with Crippen LogP contribution in [0.1, 0.15) is 16.7 Å². The zero-order valence-electron chi connectivity index (χ0n) is 16.2. The van der Waals surface area contributed by atoms with Crippen LogP contribution in [-0.2, 0) is 24.0 Å². The lowest BCUT2D eigenvalue weighted by Gasteiger charge is -2.22. The Bertz CT molecular complexity index is 775. The summed E-state index contributed by atoms with van der Waals surface area (Å²) in [5, 5.41) is 0. The average molecular weight is 373 g/mol. The Labute approximate surface area is 167 Å². The molecule has 3 aromatic rings. The summed E-state index contributed by atoms with van der Waals surface area (Å²) in [5.74, 6) is 0. The van der Waals surface area contributed by atoms with Crippen LogP contribution in [0.4, 0.5) is 4.79 Å². The SMILES string of the molecule is O=C(OCCc1ccccc1)N(CCc1ccccc1)CCc1ccccc1. The van der Waals surface area contributed by atoms with E-state index in [4.69, 9.17) is 4.74 Å². The van der Waals surface area contributed by atoms with Gasteiger partial charge in [-0.25, -0.2) is 4.79 Å². The molecule has 0 saturated heterocycles. The van der Waals surface area contributed by atoms with Gasteiger partial charge in [-0.1, -0.05) is 91.0 Å². The van der Waals surface area contributed by atoms with E-state index in [9.17, 15) is 4.79 Å². The first-order chi connectivity index (χ1) is 13.8. The fourth-order valence-electron chi connectivity index (χ4n) is 3.10. The Kier molecular flexibility index (Phi) is 7.68. The first-order valence-electron chi connectivity index (χ1n) is 9.85. The highest BCUT2D eigenvalue weighted by atomic mass is 16.6. The van der Waals surface area contributed by atoms with Gasteiger partial charge in [0.25, 0.3) is 0 Å². The molecule has 1 amide bonds. The van der Waals surface area contributed by atoms with Gasteiger partial charge in [-0.05, 0) is 29.5 Å². The fourth-order valence-corrected chi connectivity index (χ4v) is 3.10. The van der Waals surface area contributed by atoms with Gasteiger partial charge in [-0.3, -0.25) is 0 Å². The molecule has 144 valence electrons. The van der Waals surface area contributed by atoms with Crippen molar-refractivity contribution in [2.24, 2.45) is 0 Å². The maximum absolute atomic E-state index is 12.7. The fraction of sp³-hybridized carbons (Fsp3) is 0.240. The quantitative estimate of drug-likeness (QED) is 0.519. The standard InChI is InChI=1S/C25H27NO2/c27-25(28-21-18-24-14-8-3-9-15-24)26(19-16-22-10-4-1-5-11-22)20-17-23-12-6-2-7-13-23/h1-15H,16-21H2. The molecule has 0 N–H and O–H groups in total. The molecule has 3 nitrogen and oxygen atoms in total. The number of nitrogens with zero attached hydrogens (tertiary/aromatic N) is 1. The zero-order chi connectivity index (χ0) is 19.4. The van der Waals surface area contributed by atoms with E-state index >= 15 is 0 Å². The molecule has 0 aromatic heterocycles. The predicted molar refractivity (Wildman–Crippen MR) is 113 cm³/mol. The third kappa shape index (κ3) is 6.58. The average Bonchev–Trinajstić information content (AvgIpc) is 2.76. The van der Waals surface area contributed by atoms with Crippen molar-refractivity contribution in [1.82, 2.24) is 4.90 Å². The van der Waals surface area contributed by atoms with Crippen molar-refractivity contribution in [2.45, 2.75) is 19.3 Å². The van der Waals surface area contributed by atoms with Crippen molar-refractivity contribution in [3.63, 3.8) is 0 Å². The Hall–Kier alpha value is -3.07. The molecule has 28 heavy (non-hydrogen) atoms. The van der Waals surface area contributed by atoms with E-state index in [1.165, 1.54) is 16.7 Å². The number of carbonyl (C=O) groups excluding carboxylic acids is 1. The minimum atomic E-state index is -0.234. The molecule has 0 aliphatic carbocycles. The zero-order valence-corrected chi connectivity index (χ0v) is 16.2. The van der Waals surface area contributed by atoms with Gasteiger partial charge in [-0.2, -0.15) is 0 Å². The second kappa shape index (κ2) is 10.9. The van der Waals surface area contributed by atoms with Gasteiger partial charge in [0.2, 0.25) is 0 Å². The van der Waals surface area contributed by atoms with Crippen molar-refractivity contribution in [3.05, 3.63) is 108 Å². The number of rotatable bonds is 9. The van der Waals surface area contributed by atoms with Crippen LogP contribution in [0.25, 0.3) is 0 Å². The summed E-state index contributed by atoms with van der Waals surface area (Å²) in [6.45, 7) is 1.71. The van der Waals surface area contributed by atoms with Crippen LogP contribution in [0.3, 0.4) is 0 Å². The lowest BCUT2D eigenvalue weighted by atomic mass is 10.1. The van der Waals surface area contributed by atoms with Crippen LogP contribution in [0.5, 0.6) is 0 Å². The molecule has 3 aromatic carbocycles. The summed E-state index contributed by atoms with van der Waals surface area (Å²) >= 11 is 0. The van der Waals surface area contributed by atoms with Gasteiger partial charge in [-0.15, -0.1) is 0 Å². The molecule has 0 aliphatic heterocycles. The van der Waals surface area contributed by atoms with E-state index in [0.717, 1.165) is 19.3 Å². The normalized spacial score (nSPS) is 10.4. The van der Waals surface area contributed by atoms with E-state index in [0.29, 0.717) is 19.7 Å². The number of ether oxygens (including phenoxy) is 1. The molecule has 0 fully saturated rings. The van der Waals surface area contributed by atoms with Crippen LogP contribution in [0, 0.1) is 0 Å². The van der Waals surface area contributed by atoms with Crippen molar-refractivity contribution in [1.29, 1.82) is 0 Å². The second-order valence-corrected chi connectivity index (χ2v) is 6.81. The highest BCUT2D eigenvalue weighted by Crippen LogP contribution is 2.07. The molecule has 3 rings (SSSR count). The number of amides is 1. The first kappa shape index (κ1) is 19.7. The van der Waals surface area contributed by atoms with Gasteiger partial charge in [0.15, 0.2) is 0 Å². The molecule has 0 saturated carbocycles. The van der Waals surface area contributed by atoms with Crippen molar-refractivity contribution >= 4 is 6.09 Å². The smallest absolute Gasteiger partial charge is 0.409 e. The lowest BCUT2D eigenvalue weighted by Crippen LogP contribution is -2.35. The lowest BCUT2D eigenvalue weighted by molar-refractivity contribution is 0.104. The Morgan fingerprint density at radius 1 is 0.607 bits per heavy atom. The molecule has 0 spiro atoms. The van der Waals surface area contributed by atoms with Gasteiger partial charge >= 0.3 is 6.09 Å². The molecule has 0 unspecified atom stereocenters. The maximum Gasteiger partial charge on any atom is 0.409 e. The van der Waals surface area contributed by atoms with E-state index < -0.39 is 0 Å². The highest BCUT2D eigenvalue weighted by molar-refractivity contribution is 5.67. The van der Waals surface area contributed by atoms with Crippen molar-refractivity contribution in [3.8, 4) is 0 Å². The summed E-state index contributed by atoms with van der Waals surface area (Å²) in [6, 6.07) is 30.6. The van der Waals surface area contributed by atoms with E-state index in [1.807, 2.05) is 59.5 Å². The summed E-state index contributed by atoms with van der Waals surface area (Å²) in [7, 11) is 0. The number of hydrogen-bond acceptors (Lipinski definition) is 2. The van der Waals surface area contributed by atoms with Gasteiger partial charge < -0.3 is 9.64 Å². The second-order valence-electron chi connectivity index (χ2n) is 6.81. The topological polar surface area (TPSA) is 29.5 Å². The number of carbonyl (C=O) groups is 1. The van der Waals surface area contributed by atoms with Crippen LogP contribution in [0.2, 0.25) is 0 Å². The van der Waals surface area contributed by atoms with Crippen LogP contribution >= 0.6 is 0 Å². The largest absolute Gasteiger partial charge is 0.449 e. The molecule has 0 atom stereocenters. The van der Waals surface area contributed by atoms with Gasteiger partial charge in [0.1, 0.15) is 0 Å². The molecule has 0 heterocycles. The molecule has 0 bridgehead atoms. The maximum atomic E-state index is 12.7. The van der Waals surface area contributed by atoms with E-state index in [1.54, 1.807) is 0 Å². The Morgan fingerprint density at radius 2 is 1.00 bits per heavy atom. The molecule has 3 heteroatoms. The third-order valence-corrected chi connectivity index (χ3v) is 4.74. The monoisotopic (exact) mass is 373 g/mol. The Morgan fingerprint density at radius 3 is 1.43 bits per heavy atom. The van der Waals surface area contributed by atoms with Crippen molar-refractivity contribution in [2.75, 3.05) is 19.7 Å². The van der Waals surface area contributed by atoms with Crippen LogP contribution in [0.15, 0.2) is 91.0 Å². The molecule has 0 aliphatic rings. The van der Waals surface area contributed by atoms with Gasteiger partial charge in [0, 0.05) is 19.5 Å². The summed E-state index contributed by atoms with van der Waals surface area (Å²) in [5.41, 5.74) is 3.63. The summed E-state index contributed by atoms with van der Waals surface area (Å²) in [4.78, 5) is 14.5. The van der Waals surface area contributed by atoms with Crippen LogP contribution in [-0.4, -0.2) is 30.7 Å². The summed E-state index contributed by atoms with van der Waals surface area (Å²) < 4.78 is 5.57. The Balaban J connectivity index is 1.54. The van der Waals surface area contributed by atoms with E-state index in [2.05, 4.69) is 36.4 Å². The third-order valence-electron chi connectivity index (χ3n) is 4.74. The first-order valence-corrected chi connectivity index (χ1v) is 9.85. The highest BCUT2D eigenvalue weighted by Gasteiger charge is 2.15. The molecule has 0 radical (unpaired) electrons. The van der Waals surface area contributed by atoms with E-state index in [-0.39, 0.29) is 6.09 Å². The predicted octanol–water partition coefficient (Wildman–Crippen LogP) is 5.15. The van der Waals surface area contributed by atoms with Crippen molar-refractivity contribution < 1.29 is 9.53 Å². The molecular formula is C25H27NO2. The minimum absolute atomic E-state index is 0.234. The number of benzene rings is 3. The minimum Gasteiger partial charge on any atom is -0.449 e. The molecular weight excluding hydrogens is 346 g/mol. The van der Waals surface area contributed by atoms with Gasteiger partial charge in [0.05, 0.1) is 6.61 Å². The number of hydrogen-bond donors (Lipinski definition) is 0. The summed E-state index contributed by atoms with van der Waals surface area (Å²) in [6.07, 6.45) is 2.15.